The molecule has 300 valence electrons. The number of hydrogen-bond donors (Lipinski definition) is 6. The number of H-pyrrole nitrogens is 1. The molecular formula is C30H31F10N5O9. The van der Waals surface area contributed by atoms with E-state index in [1.807, 2.05) is 37.2 Å². The number of rotatable bonds is 8. The molecule has 1 unspecified atom stereocenters. The largest absolute Gasteiger partial charge is 0.497 e. The number of alkyl halides is 9. The number of aliphatic carboxylic acids is 3. The Labute approximate surface area is 297 Å². The van der Waals surface area contributed by atoms with Crippen LogP contribution in [0.5, 0.6) is 11.5 Å². The van der Waals surface area contributed by atoms with Gasteiger partial charge in [-0.25, -0.2) is 18.8 Å². The highest BCUT2D eigenvalue weighted by Gasteiger charge is 2.39. The van der Waals surface area contributed by atoms with Crippen LogP contribution >= 0.6 is 0 Å². The number of hydrogen-bond acceptors (Lipinski definition) is 9. The zero-order valence-corrected chi connectivity index (χ0v) is 27.9. The van der Waals surface area contributed by atoms with Crippen molar-refractivity contribution in [1.82, 2.24) is 20.4 Å². The molecule has 0 aliphatic carbocycles. The van der Waals surface area contributed by atoms with Crippen LogP contribution in [0, 0.1) is 5.82 Å². The predicted molar refractivity (Wildman–Crippen MR) is 165 cm³/mol. The maximum atomic E-state index is 15.0. The zero-order valence-electron chi connectivity index (χ0n) is 27.9. The number of carbonyl (C=O) groups excluding carboxylic acids is 1. The lowest BCUT2D eigenvalue weighted by Gasteiger charge is -2.27. The van der Waals surface area contributed by atoms with Gasteiger partial charge in [-0.2, -0.15) is 44.6 Å². The van der Waals surface area contributed by atoms with Crippen molar-refractivity contribution in [3.8, 4) is 22.6 Å². The third kappa shape index (κ3) is 15.5. The second-order valence-corrected chi connectivity index (χ2v) is 10.6. The Morgan fingerprint density at radius 1 is 0.907 bits per heavy atom. The van der Waals surface area contributed by atoms with Crippen molar-refractivity contribution in [2.45, 2.75) is 31.0 Å². The minimum atomic E-state index is -5.08. The molecule has 1 atom stereocenters. The minimum absolute atomic E-state index is 0.283. The molecule has 2 heterocycles. The summed E-state index contributed by atoms with van der Waals surface area (Å²) >= 11 is 0. The van der Waals surface area contributed by atoms with E-state index < -0.39 is 48.3 Å². The van der Waals surface area contributed by atoms with Crippen LogP contribution in [-0.2, 0) is 25.6 Å². The molecule has 1 aliphatic rings. The molecular weight excluding hydrogens is 764 g/mol. The van der Waals surface area contributed by atoms with E-state index >= 15 is 0 Å². The summed E-state index contributed by atoms with van der Waals surface area (Å²) in [7, 11) is 5.50. The van der Waals surface area contributed by atoms with E-state index in [0.717, 1.165) is 23.3 Å². The fourth-order valence-electron chi connectivity index (χ4n) is 3.84. The van der Waals surface area contributed by atoms with Gasteiger partial charge in [0.15, 0.2) is 0 Å². The Bertz CT molecular complexity index is 1660. The van der Waals surface area contributed by atoms with Crippen LogP contribution in [0.3, 0.4) is 0 Å². The highest BCUT2D eigenvalue weighted by molar-refractivity contribution is 5.97. The molecule has 54 heavy (non-hydrogen) atoms. The Hall–Kier alpha value is -5.65. The highest BCUT2D eigenvalue weighted by Crippen LogP contribution is 2.35. The van der Waals surface area contributed by atoms with Crippen molar-refractivity contribution in [1.29, 1.82) is 0 Å². The number of ether oxygens (including phenoxy) is 2. The lowest BCUT2D eigenvalue weighted by molar-refractivity contribution is -0.193. The Kier molecular flexibility index (Phi) is 17.2. The highest BCUT2D eigenvalue weighted by atomic mass is 19.4. The number of nitrogens with zero attached hydrogens (tertiary/aromatic N) is 2. The molecule has 0 radical (unpaired) electrons. The molecule has 4 rings (SSSR count). The topological polar surface area (TPSA) is 203 Å². The normalized spacial score (nSPS) is 13.7. The van der Waals surface area contributed by atoms with Gasteiger partial charge in [0.2, 0.25) is 5.91 Å². The summed E-state index contributed by atoms with van der Waals surface area (Å²) < 4.78 is 121. The van der Waals surface area contributed by atoms with E-state index in [-0.39, 0.29) is 11.6 Å². The van der Waals surface area contributed by atoms with Crippen LogP contribution in [0.2, 0.25) is 0 Å². The smallest absolute Gasteiger partial charge is 0.490 e. The molecule has 0 spiro atoms. The third-order valence-corrected chi connectivity index (χ3v) is 6.33. The van der Waals surface area contributed by atoms with E-state index in [4.69, 9.17) is 39.2 Å². The molecule has 14 nitrogen and oxygen atoms in total. The van der Waals surface area contributed by atoms with Gasteiger partial charge in [0.05, 0.1) is 19.0 Å². The predicted octanol–water partition coefficient (Wildman–Crippen LogP) is 4.89. The monoisotopic (exact) mass is 795 g/mol. The number of aromatic amines is 1. The van der Waals surface area contributed by atoms with Gasteiger partial charge in [-0.1, -0.05) is 6.07 Å². The molecule has 2 aromatic carbocycles. The quantitative estimate of drug-likeness (QED) is 0.169. The van der Waals surface area contributed by atoms with Gasteiger partial charge in [-0.15, -0.1) is 0 Å². The number of carboxylic acid groups (broad SMARTS) is 3. The molecule has 1 amide bonds. The number of carboxylic acids is 3. The number of anilines is 1. The number of halogens is 10. The summed E-state index contributed by atoms with van der Waals surface area (Å²) in [5, 5.41) is 34.1. The minimum Gasteiger partial charge on any atom is -0.497 e. The lowest BCUT2D eigenvalue weighted by Crippen LogP contribution is -2.38. The van der Waals surface area contributed by atoms with E-state index in [1.165, 1.54) is 12.3 Å². The SMILES string of the molecule is COc1ccc2c(c1)CCNC2C(=O)Nc1cc(F)c(-c2cn[nH]c2)cc1OCCN(C)C.O=C(O)C(F)(F)F.O=C(O)C(F)(F)F.O=C(O)C(F)(F)F. The lowest BCUT2D eigenvalue weighted by atomic mass is 9.93. The number of benzene rings is 2. The van der Waals surface area contributed by atoms with Crippen molar-refractivity contribution in [2.24, 2.45) is 0 Å². The number of likely N-dealkylation sites (N-methyl/N-ethyl adjacent to an activating group) is 1. The van der Waals surface area contributed by atoms with Crippen LogP contribution in [0.25, 0.3) is 11.1 Å². The van der Waals surface area contributed by atoms with Gasteiger partial charge in [0, 0.05) is 36.5 Å². The number of methoxy groups -OCH3 is 1. The molecule has 24 heteroatoms. The van der Waals surface area contributed by atoms with Crippen LogP contribution < -0.4 is 20.1 Å². The summed E-state index contributed by atoms with van der Waals surface area (Å²) in [4.78, 5) is 41.9. The van der Waals surface area contributed by atoms with Gasteiger partial charge in [0.1, 0.15) is 30.0 Å². The fourth-order valence-corrected chi connectivity index (χ4v) is 3.84. The van der Waals surface area contributed by atoms with Gasteiger partial charge in [-0.05, 0) is 49.8 Å². The van der Waals surface area contributed by atoms with Gasteiger partial charge >= 0.3 is 36.4 Å². The van der Waals surface area contributed by atoms with Gasteiger partial charge in [-0.3, -0.25) is 9.89 Å². The molecule has 0 saturated carbocycles. The Balaban J connectivity index is 0.000000566. The number of nitrogens with one attached hydrogen (secondary N) is 3. The maximum Gasteiger partial charge on any atom is 0.490 e. The van der Waals surface area contributed by atoms with E-state index in [2.05, 4.69) is 20.8 Å². The second kappa shape index (κ2) is 20.0. The Morgan fingerprint density at radius 2 is 1.44 bits per heavy atom. The molecule has 6 N–H and O–H groups in total. The first-order valence-electron chi connectivity index (χ1n) is 14.5. The van der Waals surface area contributed by atoms with Crippen molar-refractivity contribution in [3.05, 3.63) is 59.7 Å². The van der Waals surface area contributed by atoms with E-state index in [0.29, 0.717) is 36.6 Å². The van der Waals surface area contributed by atoms with Crippen molar-refractivity contribution < 1.29 is 87.9 Å². The number of amides is 1. The number of fused-ring (bicyclic) bond motifs is 1. The number of aromatic nitrogens is 2. The number of carbonyl (C=O) groups is 4. The summed E-state index contributed by atoms with van der Waals surface area (Å²) in [5.41, 5.74) is 3.16. The van der Waals surface area contributed by atoms with Crippen LogP contribution in [0.4, 0.5) is 49.6 Å². The molecule has 0 saturated heterocycles. The standard InChI is InChI=1S/C24H28FN5O3.3C2HF3O2/c1-30(2)8-9-33-22-11-19(16-13-27-28-14-16)20(25)12-21(22)29-24(31)23-18-5-4-17(32-3)10-15(18)6-7-26-23;3*3-2(4,5)1(6)7/h4-5,10-14,23,26H,6-9H2,1-3H3,(H,27,28)(H,29,31);3*(H,6,7). The molecule has 3 aromatic rings. The maximum absolute atomic E-state index is 15.0. The van der Waals surface area contributed by atoms with E-state index in [9.17, 15) is 48.7 Å². The molecule has 0 bridgehead atoms. The second-order valence-electron chi connectivity index (χ2n) is 10.6. The third-order valence-electron chi connectivity index (χ3n) is 6.33. The average molecular weight is 796 g/mol. The first-order valence-corrected chi connectivity index (χ1v) is 14.5. The Morgan fingerprint density at radius 3 is 1.89 bits per heavy atom. The summed E-state index contributed by atoms with van der Waals surface area (Å²) in [6.45, 7) is 1.71. The van der Waals surface area contributed by atoms with Crippen molar-refractivity contribution in [2.75, 3.05) is 46.2 Å². The van der Waals surface area contributed by atoms with Crippen LogP contribution in [0.1, 0.15) is 17.2 Å². The van der Waals surface area contributed by atoms with Crippen LogP contribution in [-0.4, -0.2) is 114 Å². The van der Waals surface area contributed by atoms with Gasteiger partial charge in [0.25, 0.3) is 0 Å². The average Bonchev–Trinajstić information content (AvgIpc) is 3.59. The van der Waals surface area contributed by atoms with Crippen LogP contribution in [0.15, 0.2) is 42.7 Å². The summed E-state index contributed by atoms with van der Waals surface area (Å²) in [6.07, 6.45) is -11.3. The first-order chi connectivity index (χ1) is 24.8. The van der Waals surface area contributed by atoms with E-state index in [1.54, 1.807) is 19.4 Å². The molecule has 0 fully saturated rings. The van der Waals surface area contributed by atoms with Crippen molar-refractivity contribution >= 4 is 29.5 Å². The fraction of sp³-hybridized carbons (Fsp3) is 0.367. The van der Waals surface area contributed by atoms with Gasteiger partial charge < -0.3 is 40.3 Å². The summed E-state index contributed by atoms with van der Waals surface area (Å²) in [5.74, 6) is -7.88. The summed E-state index contributed by atoms with van der Waals surface area (Å²) in [6, 6.07) is 8.00. The zero-order chi connectivity index (χ0) is 41.6. The first kappa shape index (κ1) is 46.4. The van der Waals surface area contributed by atoms with Crippen molar-refractivity contribution in [3.63, 3.8) is 0 Å². The molecule has 1 aromatic heterocycles. The molecule has 1 aliphatic heterocycles.